The number of halogens is 1. The van der Waals surface area contributed by atoms with E-state index in [4.69, 9.17) is 14.2 Å². The Hall–Kier alpha value is -4.65. The highest BCUT2D eigenvalue weighted by molar-refractivity contribution is 5.86. The summed E-state index contributed by atoms with van der Waals surface area (Å²) in [5.74, 6) is -4.18. The van der Waals surface area contributed by atoms with Crippen molar-refractivity contribution in [1.82, 2.24) is 0 Å². The van der Waals surface area contributed by atoms with Crippen molar-refractivity contribution in [3.8, 4) is 22.6 Å². The number of ether oxygens (including phenoxy) is 3. The van der Waals surface area contributed by atoms with Gasteiger partial charge in [0.25, 0.3) is 0 Å². The Morgan fingerprint density at radius 2 is 1.15 bits per heavy atom. The van der Waals surface area contributed by atoms with E-state index in [1.165, 1.54) is 14.2 Å². The minimum absolute atomic E-state index is 0.438. The van der Waals surface area contributed by atoms with Crippen LogP contribution in [0.15, 0.2) is 97.1 Å². The van der Waals surface area contributed by atoms with Crippen molar-refractivity contribution in [3.63, 3.8) is 0 Å². The summed E-state index contributed by atoms with van der Waals surface area (Å²) in [5, 5.41) is 10.4. The van der Waals surface area contributed by atoms with Gasteiger partial charge in [0.1, 0.15) is 18.1 Å². The molecule has 41 heavy (non-hydrogen) atoms. The van der Waals surface area contributed by atoms with Crippen molar-refractivity contribution in [1.29, 1.82) is 0 Å². The molecule has 0 radical (unpaired) electrons. The molecule has 7 heteroatoms. The minimum atomic E-state index is -2.04. The number of esters is 1. The third-order valence-corrected chi connectivity index (χ3v) is 8.51. The van der Waals surface area contributed by atoms with Crippen LogP contribution in [0.5, 0.6) is 11.5 Å². The molecule has 4 aromatic rings. The van der Waals surface area contributed by atoms with Crippen LogP contribution in [0.2, 0.25) is 0 Å². The van der Waals surface area contributed by atoms with Gasteiger partial charge in [0, 0.05) is 23.0 Å². The lowest BCUT2D eigenvalue weighted by molar-refractivity contribution is -0.166. The SMILES string of the molecule is COc1ccccc1C1C(C(=O)O)[C@H](c2ccccc2OC)C1C(=O)OCC1(F)c2ccccc2-c2ccccc21. The first kappa shape index (κ1) is 26.6. The zero-order chi connectivity index (χ0) is 28.7. The maximum absolute atomic E-state index is 16.9. The lowest BCUT2D eigenvalue weighted by Crippen LogP contribution is -2.52. The molecule has 0 aliphatic heterocycles. The summed E-state index contributed by atoms with van der Waals surface area (Å²) in [6, 6.07) is 28.5. The van der Waals surface area contributed by atoms with E-state index in [0.29, 0.717) is 33.8 Å². The number of methoxy groups -OCH3 is 2. The van der Waals surface area contributed by atoms with Crippen LogP contribution >= 0.6 is 0 Å². The Morgan fingerprint density at radius 3 is 1.61 bits per heavy atom. The molecule has 0 spiro atoms. The molecule has 0 amide bonds. The Morgan fingerprint density at radius 1 is 0.707 bits per heavy atom. The van der Waals surface area contributed by atoms with Gasteiger partial charge in [-0.25, -0.2) is 4.39 Å². The number of hydrogen-bond acceptors (Lipinski definition) is 5. The van der Waals surface area contributed by atoms with Crippen LogP contribution in [0.4, 0.5) is 4.39 Å². The fraction of sp³-hybridized carbons (Fsp3) is 0.235. The van der Waals surface area contributed by atoms with Gasteiger partial charge in [-0.05, 0) is 34.4 Å². The molecule has 2 aliphatic rings. The summed E-state index contributed by atoms with van der Waals surface area (Å²) in [6.07, 6.45) is 0. The van der Waals surface area contributed by atoms with Gasteiger partial charge < -0.3 is 19.3 Å². The maximum atomic E-state index is 16.9. The van der Waals surface area contributed by atoms with E-state index < -0.39 is 47.9 Å². The van der Waals surface area contributed by atoms with E-state index in [1.54, 1.807) is 72.8 Å². The number of fused-ring (bicyclic) bond motifs is 3. The number of rotatable bonds is 8. The Labute approximate surface area is 237 Å². The number of benzene rings is 4. The zero-order valence-corrected chi connectivity index (χ0v) is 22.6. The first-order chi connectivity index (χ1) is 19.9. The van der Waals surface area contributed by atoms with Crippen LogP contribution in [0.25, 0.3) is 11.1 Å². The molecule has 0 aromatic heterocycles. The number of carbonyl (C=O) groups is 2. The van der Waals surface area contributed by atoms with Gasteiger partial charge in [0.05, 0.1) is 26.1 Å². The Kier molecular flexibility index (Phi) is 6.73. The van der Waals surface area contributed by atoms with Crippen LogP contribution in [-0.2, 0) is 20.0 Å². The topological polar surface area (TPSA) is 82.1 Å². The van der Waals surface area contributed by atoms with Crippen molar-refractivity contribution in [2.24, 2.45) is 11.8 Å². The third-order valence-electron chi connectivity index (χ3n) is 8.51. The second kappa shape index (κ2) is 10.4. The average molecular weight is 553 g/mol. The number of hydrogen-bond donors (Lipinski definition) is 1. The van der Waals surface area contributed by atoms with Crippen LogP contribution in [0, 0.1) is 11.8 Å². The van der Waals surface area contributed by atoms with E-state index in [9.17, 15) is 14.7 Å². The highest BCUT2D eigenvalue weighted by Crippen LogP contribution is 2.61. The molecule has 4 aromatic carbocycles. The smallest absolute Gasteiger partial charge is 0.310 e. The molecule has 0 saturated heterocycles. The number of carboxylic acid groups (broad SMARTS) is 1. The van der Waals surface area contributed by atoms with Gasteiger partial charge in [0.2, 0.25) is 0 Å². The van der Waals surface area contributed by atoms with Gasteiger partial charge in [-0.1, -0.05) is 84.9 Å². The molecule has 1 N–H and O–H groups in total. The Bertz CT molecular complexity index is 1530. The average Bonchev–Trinajstić information content (AvgIpc) is 3.24. The fourth-order valence-corrected chi connectivity index (χ4v) is 6.70. The second-order valence-corrected chi connectivity index (χ2v) is 10.4. The molecule has 0 heterocycles. The standard InChI is InChI=1S/C34H29FO6/c1-39-26-17-9-5-13-22(26)28-30(32(36)37)29(23-14-6-10-18-27(23)40-2)31(28)33(38)41-19-34(35)24-15-7-3-11-20(24)21-12-4-8-16-25(21)34/h3-18,28-31H,19H2,1-2H3,(H,36,37)/t28-,29?,30?,31?/m0/s1. The van der Waals surface area contributed by atoms with Crippen molar-refractivity contribution < 1.29 is 33.3 Å². The van der Waals surface area contributed by atoms with Gasteiger partial charge >= 0.3 is 11.9 Å². The highest BCUT2D eigenvalue weighted by atomic mass is 19.1. The van der Waals surface area contributed by atoms with Crippen LogP contribution in [0.1, 0.15) is 34.1 Å². The molecule has 0 bridgehead atoms. The monoisotopic (exact) mass is 552 g/mol. The molecule has 6 nitrogen and oxygen atoms in total. The Balaban J connectivity index is 1.40. The molecule has 208 valence electrons. The van der Waals surface area contributed by atoms with E-state index in [-0.39, 0.29) is 0 Å². The summed E-state index contributed by atoms with van der Waals surface area (Å²) in [5.41, 5.74) is 1.52. The van der Waals surface area contributed by atoms with Crippen molar-refractivity contribution in [2.45, 2.75) is 17.5 Å². The summed E-state index contributed by atoms with van der Waals surface area (Å²) in [4.78, 5) is 26.7. The molecule has 6 rings (SSSR count). The van der Waals surface area contributed by atoms with Gasteiger partial charge in [-0.15, -0.1) is 0 Å². The predicted molar refractivity (Wildman–Crippen MR) is 151 cm³/mol. The third kappa shape index (κ3) is 4.15. The minimum Gasteiger partial charge on any atom is -0.496 e. The summed E-state index contributed by atoms with van der Waals surface area (Å²) in [6.45, 7) is -0.536. The molecular formula is C34H29FO6. The van der Waals surface area contributed by atoms with Crippen molar-refractivity contribution in [2.75, 3.05) is 20.8 Å². The van der Waals surface area contributed by atoms with Crippen LogP contribution in [-0.4, -0.2) is 37.9 Å². The number of aliphatic carboxylic acids is 1. The fourth-order valence-electron chi connectivity index (χ4n) is 6.70. The van der Waals surface area contributed by atoms with Crippen molar-refractivity contribution >= 4 is 11.9 Å². The maximum Gasteiger partial charge on any atom is 0.310 e. The van der Waals surface area contributed by atoms with Gasteiger partial charge in [-0.3, -0.25) is 9.59 Å². The second-order valence-electron chi connectivity index (χ2n) is 10.4. The first-order valence-corrected chi connectivity index (χ1v) is 13.4. The summed E-state index contributed by atoms with van der Waals surface area (Å²) < 4.78 is 33.9. The molecule has 2 aliphatic carbocycles. The van der Waals surface area contributed by atoms with E-state index >= 15 is 4.39 Å². The van der Waals surface area contributed by atoms with Crippen LogP contribution < -0.4 is 9.47 Å². The van der Waals surface area contributed by atoms with Crippen molar-refractivity contribution in [3.05, 3.63) is 119 Å². The normalized spacial score (nSPS) is 21.6. The predicted octanol–water partition coefficient (Wildman–Crippen LogP) is 6.34. The number of para-hydroxylation sites is 2. The molecular weight excluding hydrogens is 523 g/mol. The largest absolute Gasteiger partial charge is 0.496 e. The zero-order valence-electron chi connectivity index (χ0n) is 22.6. The van der Waals surface area contributed by atoms with E-state index in [0.717, 1.165) is 11.1 Å². The quantitative estimate of drug-likeness (QED) is 0.257. The lowest BCUT2D eigenvalue weighted by Gasteiger charge is -2.49. The van der Waals surface area contributed by atoms with E-state index in [1.807, 2.05) is 24.3 Å². The van der Waals surface area contributed by atoms with E-state index in [2.05, 4.69) is 0 Å². The summed E-state index contributed by atoms with van der Waals surface area (Å²) in [7, 11) is 3.00. The molecule has 1 saturated carbocycles. The number of carbonyl (C=O) groups excluding carboxylic acids is 1. The summed E-state index contributed by atoms with van der Waals surface area (Å²) >= 11 is 0. The molecule has 4 atom stereocenters. The number of carboxylic acids is 1. The molecule has 1 fully saturated rings. The van der Waals surface area contributed by atoms with Gasteiger partial charge in [0.15, 0.2) is 5.67 Å². The lowest BCUT2D eigenvalue weighted by atomic mass is 9.52. The highest BCUT2D eigenvalue weighted by Gasteiger charge is 2.61. The van der Waals surface area contributed by atoms with Crippen LogP contribution in [0.3, 0.4) is 0 Å². The number of alkyl halides is 1. The molecule has 3 unspecified atom stereocenters. The first-order valence-electron chi connectivity index (χ1n) is 13.4. The van der Waals surface area contributed by atoms with Gasteiger partial charge in [-0.2, -0.15) is 0 Å².